The van der Waals surface area contributed by atoms with Crippen molar-refractivity contribution >= 4 is 23.2 Å². The van der Waals surface area contributed by atoms with Gasteiger partial charge in [0.25, 0.3) is 0 Å². The van der Waals surface area contributed by atoms with E-state index < -0.39 is 0 Å². The van der Waals surface area contributed by atoms with Crippen molar-refractivity contribution in [1.82, 2.24) is 9.97 Å². The Morgan fingerprint density at radius 3 is 2.31 bits per heavy atom. The van der Waals surface area contributed by atoms with Crippen LogP contribution in [0.1, 0.15) is 16.8 Å². The maximum atomic E-state index is 6.27. The van der Waals surface area contributed by atoms with Gasteiger partial charge in [-0.3, -0.25) is 0 Å². The molecule has 0 aliphatic heterocycles. The standard InChI is InChI=1S/C12H10Cl2N2/c13-10-7-15-12(16-8-10)6-11(14)9-4-2-1-3-5-9/h1-5,7-8,11H,6H2. The SMILES string of the molecule is Clc1cnc(CC(Cl)c2ccccc2)nc1. The molecule has 0 saturated carbocycles. The Balaban J connectivity index is 2.08. The monoisotopic (exact) mass is 252 g/mol. The number of hydrogen-bond acceptors (Lipinski definition) is 2. The van der Waals surface area contributed by atoms with E-state index in [1.807, 2.05) is 30.3 Å². The fourth-order valence-electron chi connectivity index (χ4n) is 1.38. The van der Waals surface area contributed by atoms with Gasteiger partial charge >= 0.3 is 0 Å². The summed E-state index contributed by atoms with van der Waals surface area (Å²) < 4.78 is 0. The highest BCUT2D eigenvalue weighted by Gasteiger charge is 2.09. The van der Waals surface area contributed by atoms with Gasteiger partial charge < -0.3 is 0 Å². The summed E-state index contributed by atoms with van der Waals surface area (Å²) in [6, 6.07) is 9.88. The lowest BCUT2D eigenvalue weighted by molar-refractivity contribution is 0.833. The highest BCUT2D eigenvalue weighted by Crippen LogP contribution is 2.23. The van der Waals surface area contributed by atoms with Crippen molar-refractivity contribution in [3.63, 3.8) is 0 Å². The van der Waals surface area contributed by atoms with E-state index in [1.165, 1.54) is 0 Å². The predicted molar refractivity (Wildman–Crippen MR) is 65.8 cm³/mol. The van der Waals surface area contributed by atoms with Crippen molar-refractivity contribution in [2.24, 2.45) is 0 Å². The highest BCUT2D eigenvalue weighted by molar-refractivity contribution is 6.30. The molecule has 0 radical (unpaired) electrons. The van der Waals surface area contributed by atoms with Crippen molar-refractivity contribution in [2.75, 3.05) is 0 Å². The first-order chi connectivity index (χ1) is 7.75. The fraction of sp³-hybridized carbons (Fsp3) is 0.167. The third kappa shape index (κ3) is 2.94. The number of alkyl halides is 1. The molecule has 16 heavy (non-hydrogen) atoms. The quantitative estimate of drug-likeness (QED) is 0.780. The minimum Gasteiger partial charge on any atom is -0.240 e. The summed E-state index contributed by atoms with van der Waals surface area (Å²) in [4.78, 5) is 8.23. The van der Waals surface area contributed by atoms with E-state index in [0.29, 0.717) is 17.3 Å². The minimum absolute atomic E-state index is 0.109. The van der Waals surface area contributed by atoms with Crippen LogP contribution in [0.2, 0.25) is 5.02 Å². The van der Waals surface area contributed by atoms with Crippen LogP contribution in [-0.2, 0) is 6.42 Å². The molecule has 0 spiro atoms. The summed E-state index contributed by atoms with van der Waals surface area (Å²) in [7, 11) is 0. The molecule has 0 fully saturated rings. The van der Waals surface area contributed by atoms with E-state index in [2.05, 4.69) is 9.97 Å². The van der Waals surface area contributed by atoms with Gasteiger partial charge in [0.1, 0.15) is 5.82 Å². The van der Waals surface area contributed by atoms with Crippen LogP contribution >= 0.6 is 23.2 Å². The summed E-state index contributed by atoms with van der Waals surface area (Å²) in [5.74, 6) is 0.702. The third-order valence-corrected chi connectivity index (χ3v) is 2.80. The van der Waals surface area contributed by atoms with E-state index in [0.717, 1.165) is 5.56 Å². The predicted octanol–water partition coefficient (Wildman–Crippen LogP) is 3.65. The largest absolute Gasteiger partial charge is 0.240 e. The molecule has 0 amide bonds. The first-order valence-corrected chi connectivity index (χ1v) is 5.72. The molecule has 0 saturated heterocycles. The second-order valence-corrected chi connectivity index (χ2v) is 4.36. The number of halogens is 2. The molecule has 4 heteroatoms. The summed E-state index contributed by atoms with van der Waals surface area (Å²) in [6.07, 6.45) is 3.76. The number of rotatable bonds is 3. The molecular formula is C12H10Cl2N2. The van der Waals surface area contributed by atoms with Crippen LogP contribution in [-0.4, -0.2) is 9.97 Å². The van der Waals surface area contributed by atoms with Crippen molar-refractivity contribution in [2.45, 2.75) is 11.8 Å². The first-order valence-electron chi connectivity index (χ1n) is 4.91. The number of benzene rings is 1. The molecule has 1 atom stereocenters. The molecule has 1 unspecified atom stereocenters. The average molecular weight is 253 g/mol. The Morgan fingerprint density at radius 1 is 1.06 bits per heavy atom. The lowest BCUT2D eigenvalue weighted by atomic mass is 10.1. The van der Waals surface area contributed by atoms with Gasteiger partial charge in [-0.1, -0.05) is 41.9 Å². The highest BCUT2D eigenvalue weighted by atomic mass is 35.5. The molecule has 0 N–H and O–H groups in total. The van der Waals surface area contributed by atoms with Crippen molar-refractivity contribution in [3.05, 3.63) is 59.1 Å². The molecule has 0 aliphatic rings. The normalized spacial score (nSPS) is 12.4. The van der Waals surface area contributed by atoms with E-state index >= 15 is 0 Å². The Hall–Kier alpha value is -1.12. The minimum atomic E-state index is -0.109. The van der Waals surface area contributed by atoms with Crippen LogP contribution in [0.15, 0.2) is 42.7 Å². The smallest absolute Gasteiger partial charge is 0.130 e. The second kappa shape index (κ2) is 5.28. The van der Waals surface area contributed by atoms with E-state index in [9.17, 15) is 0 Å². The molecule has 2 aromatic rings. The molecule has 0 aliphatic carbocycles. The molecule has 0 bridgehead atoms. The Bertz CT molecular complexity index is 442. The number of nitrogens with zero attached hydrogens (tertiary/aromatic N) is 2. The third-order valence-electron chi connectivity index (χ3n) is 2.20. The Kier molecular flexibility index (Phi) is 3.75. The van der Waals surface area contributed by atoms with Crippen LogP contribution in [0.3, 0.4) is 0 Å². The maximum absolute atomic E-state index is 6.27. The zero-order valence-corrected chi connectivity index (χ0v) is 9.99. The molecule has 82 valence electrons. The summed E-state index contributed by atoms with van der Waals surface area (Å²) >= 11 is 12.0. The van der Waals surface area contributed by atoms with E-state index in [4.69, 9.17) is 23.2 Å². The van der Waals surface area contributed by atoms with Crippen LogP contribution in [0.4, 0.5) is 0 Å². The summed E-state index contributed by atoms with van der Waals surface area (Å²) in [6.45, 7) is 0. The van der Waals surface area contributed by atoms with Crippen LogP contribution in [0, 0.1) is 0 Å². The van der Waals surface area contributed by atoms with Crippen molar-refractivity contribution in [1.29, 1.82) is 0 Å². The lowest BCUT2D eigenvalue weighted by Gasteiger charge is -2.08. The van der Waals surface area contributed by atoms with Gasteiger partial charge in [-0.25, -0.2) is 9.97 Å². The van der Waals surface area contributed by atoms with Crippen molar-refractivity contribution < 1.29 is 0 Å². The van der Waals surface area contributed by atoms with Crippen LogP contribution in [0.5, 0.6) is 0 Å². The Morgan fingerprint density at radius 2 is 1.69 bits per heavy atom. The number of hydrogen-bond donors (Lipinski definition) is 0. The van der Waals surface area contributed by atoms with Crippen molar-refractivity contribution in [3.8, 4) is 0 Å². The maximum Gasteiger partial charge on any atom is 0.130 e. The van der Waals surface area contributed by atoms with Crippen LogP contribution < -0.4 is 0 Å². The molecule has 1 aromatic carbocycles. The summed E-state index contributed by atoms with van der Waals surface area (Å²) in [5.41, 5.74) is 1.07. The fourth-order valence-corrected chi connectivity index (χ4v) is 1.77. The molecule has 2 nitrogen and oxygen atoms in total. The number of aromatic nitrogens is 2. The van der Waals surface area contributed by atoms with Gasteiger partial charge in [0.15, 0.2) is 0 Å². The van der Waals surface area contributed by atoms with Gasteiger partial charge in [0.2, 0.25) is 0 Å². The molecular weight excluding hydrogens is 243 g/mol. The Labute approximate surface area is 104 Å². The summed E-state index contributed by atoms with van der Waals surface area (Å²) in [5, 5.41) is 0.428. The topological polar surface area (TPSA) is 25.8 Å². The first kappa shape index (κ1) is 11.4. The van der Waals surface area contributed by atoms with Gasteiger partial charge in [-0.05, 0) is 5.56 Å². The zero-order chi connectivity index (χ0) is 11.4. The average Bonchev–Trinajstić information content (AvgIpc) is 2.33. The van der Waals surface area contributed by atoms with E-state index in [-0.39, 0.29) is 5.38 Å². The van der Waals surface area contributed by atoms with Gasteiger partial charge in [0, 0.05) is 18.8 Å². The molecule has 1 heterocycles. The van der Waals surface area contributed by atoms with Crippen LogP contribution in [0.25, 0.3) is 0 Å². The van der Waals surface area contributed by atoms with Gasteiger partial charge in [0.05, 0.1) is 10.4 Å². The van der Waals surface area contributed by atoms with E-state index in [1.54, 1.807) is 12.4 Å². The van der Waals surface area contributed by atoms with Gasteiger partial charge in [-0.15, -0.1) is 11.6 Å². The zero-order valence-electron chi connectivity index (χ0n) is 8.48. The lowest BCUT2D eigenvalue weighted by Crippen LogP contribution is -2.00. The van der Waals surface area contributed by atoms with Gasteiger partial charge in [-0.2, -0.15) is 0 Å². The molecule has 1 aromatic heterocycles. The molecule has 2 rings (SSSR count). The second-order valence-electron chi connectivity index (χ2n) is 3.40.